The van der Waals surface area contributed by atoms with E-state index in [9.17, 15) is 4.79 Å². The van der Waals surface area contributed by atoms with Gasteiger partial charge in [0.2, 0.25) is 0 Å². The van der Waals surface area contributed by atoms with Crippen molar-refractivity contribution in [2.24, 2.45) is 11.3 Å². The van der Waals surface area contributed by atoms with Crippen LogP contribution in [-0.4, -0.2) is 23.3 Å². The molecule has 1 aliphatic heterocycles. The summed E-state index contributed by atoms with van der Waals surface area (Å²) in [5.74, 6) is -1.07. The highest BCUT2D eigenvalue weighted by Gasteiger charge is 2.41. The Morgan fingerprint density at radius 1 is 1.46 bits per heavy atom. The first kappa shape index (κ1) is 10.5. The first-order chi connectivity index (χ1) is 5.82. The Balaban J connectivity index is 2.65. The number of carboxylic acids is 1. The smallest absolute Gasteiger partial charge is 0.309 e. The van der Waals surface area contributed by atoms with Crippen LogP contribution in [0, 0.1) is 11.3 Å². The fourth-order valence-corrected chi connectivity index (χ4v) is 1.69. The van der Waals surface area contributed by atoms with Crippen molar-refractivity contribution in [3.05, 3.63) is 0 Å². The van der Waals surface area contributed by atoms with E-state index < -0.39 is 5.97 Å². The summed E-state index contributed by atoms with van der Waals surface area (Å²) in [6.45, 7) is 8.07. The van der Waals surface area contributed by atoms with Crippen molar-refractivity contribution < 1.29 is 14.6 Å². The highest BCUT2D eigenvalue weighted by molar-refractivity contribution is 5.71. The molecule has 3 atom stereocenters. The summed E-state index contributed by atoms with van der Waals surface area (Å²) >= 11 is 0. The lowest BCUT2D eigenvalue weighted by molar-refractivity contribution is -0.143. The van der Waals surface area contributed by atoms with Gasteiger partial charge in [0.15, 0.2) is 0 Å². The average Bonchev–Trinajstić information content (AvgIpc) is 2.29. The number of hydrogen-bond donors (Lipinski definition) is 1. The zero-order valence-corrected chi connectivity index (χ0v) is 8.70. The number of hydrogen-bond acceptors (Lipinski definition) is 2. The van der Waals surface area contributed by atoms with Gasteiger partial charge in [-0.05, 0) is 18.8 Å². The van der Waals surface area contributed by atoms with Crippen molar-refractivity contribution >= 4 is 5.97 Å². The summed E-state index contributed by atoms with van der Waals surface area (Å²) in [6, 6.07) is 0. The lowest BCUT2D eigenvalue weighted by Gasteiger charge is -2.26. The molecule has 0 amide bonds. The van der Waals surface area contributed by atoms with E-state index in [1.165, 1.54) is 0 Å². The van der Waals surface area contributed by atoms with Crippen molar-refractivity contribution in [3.8, 4) is 0 Å². The minimum absolute atomic E-state index is 0.0401. The molecule has 0 aromatic carbocycles. The van der Waals surface area contributed by atoms with E-state index in [1.807, 2.05) is 6.92 Å². The first-order valence-corrected chi connectivity index (χ1v) is 4.70. The van der Waals surface area contributed by atoms with Gasteiger partial charge in [0, 0.05) is 0 Å². The second-order valence-electron chi connectivity index (χ2n) is 4.88. The van der Waals surface area contributed by atoms with Crippen LogP contribution >= 0.6 is 0 Å². The van der Waals surface area contributed by atoms with Crippen LogP contribution in [0.4, 0.5) is 0 Å². The molecule has 1 aliphatic rings. The minimum Gasteiger partial charge on any atom is -0.481 e. The molecule has 13 heavy (non-hydrogen) atoms. The minimum atomic E-state index is -0.737. The van der Waals surface area contributed by atoms with Crippen molar-refractivity contribution in [2.75, 3.05) is 0 Å². The van der Waals surface area contributed by atoms with E-state index in [-0.39, 0.29) is 23.5 Å². The van der Waals surface area contributed by atoms with Crippen LogP contribution in [0.5, 0.6) is 0 Å². The molecular formula is C10H18O3. The number of carbonyl (C=O) groups is 1. The fraction of sp³-hybridized carbons (Fsp3) is 0.900. The Labute approximate surface area is 79.1 Å². The molecule has 1 fully saturated rings. The van der Waals surface area contributed by atoms with Crippen LogP contribution in [0.2, 0.25) is 0 Å². The largest absolute Gasteiger partial charge is 0.481 e. The van der Waals surface area contributed by atoms with Crippen LogP contribution in [0.3, 0.4) is 0 Å². The predicted molar refractivity (Wildman–Crippen MR) is 49.5 cm³/mol. The lowest BCUT2D eigenvalue weighted by atomic mass is 9.85. The van der Waals surface area contributed by atoms with Crippen molar-refractivity contribution in [1.82, 2.24) is 0 Å². The predicted octanol–water partition coefficient (Wildman–Crippen LogP) is 1.91. The third kappa shape index (κ3) is 2.21. The molecule has 0 radical (unpaired) electrons. The highest BCUT2D eigenvalue weighted by atomic mass is 16.5. The molecule has 76 valence electrons. The SMILES string of the molecule is CC1OC(C(C)(C)C)CC1C(=O)O. The summed E-state index contributed by atoms with van der Waals surface area (Å²) in [4.78, 5) is 10.8. The second kappa shape index (κ2) is 3.29. The zero-order valence-electron chi connectivity index (χ0n) is 8.70. The third-order valence-corrected chi connectivity index (χ3v) is 2.70. The van der Waals surface area contributed by atoms with Gasteiger partial charge in [-0.2, -0.15) is 0 Å². The maximum atomic E-state index is 10.8. The zero-order chi connectivity index (χ0) is 10.2. The molecule has 0 aromatic heterocycles. The molecule has 1 N–H and O–H groups in total. The summed E-state index contributed by atoms with van der Waals surface area (Å²) in [5.41, 5.74) is 0.0401. The summed E-state index contributed by atoms with van der Waals surface area (Å²) < 4.78 is 5.62. The number of rotatable bonds is 1. The third-order valence-electron chi connectivity index (χ3n) is 2.70. The number of carboxylic acid groups (broad SMARTS) is 1. The van der Waals surface area contributed by atoms with Gasteiger partial charge in [0.1, 0.15) is 0 Å². The van der Waals surface area contributed by atoms with E-state index in [2.05, 4.69) is 20.8 Å². The Kier molecular flexibility index (Phi) is 2.66. The molecule has 3 unspecified atom stereocenters. The molecule has 0 saturated carbocycles. The fourth-order valence-electron chi connectivity index (χ4n) is 1.69. The van der Waals surface area contributed by atoms with Crippen molar-refractivity contribution in [3.63, 3.8) is 0 Å². The molecule has 1 saturated heterocycles. The Morgan fingerprint density at radius 2 is 2.00 bits per heavy atom. The maximum absolute atomic E-state index is 10.8. The molecule has 0 spiro atoms. The van der Waals surface area contributed by atoms with Gasteiger partial charge in [0.05, 0.1) is 18.1 Å². The Bertz CT molecular complexity index is 205. The normalized spacial score (nSPS) is 34.9. The van der Waals surface area contributed by atoms with Gasteiger partial charge >= 0.3 is 5.97 Å². The standard InChI is InChI=1S/C10H18O3/c1-6-7(9(11)12)5-8(13-6)10(2,3)4/h6-8H,5H2,1-4H3,(H,11,12). The molecule has 0 bridgehead atoms. The van der Waals surface area contributed by atoms with Gasteiger partial charge in [0.25, 0.3) is 0 Å². The number of ether oxygens (including phenoxy) is 1. The molecular weight excluding hydrogens is 168 g/mol. The molecule has 0 aliphatic carbocycles. The molecule has 1 rings (SSSR count). The summed E-state index contributed by atoms with van der Waals surface area (Å²) in [6.07, 6.45) is 0.560. The number of aliphatic carboxylic acids is 1. The molecule has 1 heterocycles. The van der Waals surface area contributed by atoms with Gasteiger partial charge in [-0.1, -0.05) is 20.8 Å². The van der Waals surface area contributed by atoms with Crippen LogP contribution in [0.15, 0.2) is 0 Å². The maximum Gasteiger partial charge on any atom is 0.309 e. The summed E-state index contributed by atoms with van der Waals surface area (Å²) in [7, 11) is 0. The quantitative estimate of drug-likeness (QED) is 0.680. The van der Waals surface area contributed by atoms with Crippen LogP contribution in [0.1, 0.15) is 34.1 Å². The lowest BCUT2D eigenvalue weighted by Crippen LogP contribution is -2.25. The highest BCUT2D eigenvalue weighted by Crippen LogP contribution is 2.36. The van der Waals surface area contributed by atoms with Gasteiger partial charge < -0.3 is 9.84 Å². The van der Waals surface area contributed by atoms with Gasteiger partial charge in [-0.3, -0.25) is 4.79 Å². The van der Waals surface area contributed by atoms with Gasteiger partial charge in [-0.15, -0.1) is 0 Å². The summed E-state index contributed by atoms with van der Waals surface area (Å²) in [5, 5.41) is 8.89. The van der Waals surface area contributed by atoms with Crippen LogP contribution in [0.25, 0.3) is 0 Å². The van der Waals surface area contributed by atoms with Crippen molar-refractivity contribution in [1.29, 1.82) is 0 Å². The second-order valence-corrected chi connectivity index (χ2v) is 4.88. The molecule has 3 heteroatoms. The van der Waals surface area contributed by atoms with E-state index in [1.54, 1.807) is 0 Å². The van der Waals surface area contributed by atoms with E-state index in [0.717, 1.165) is 0 Å². The van der Waals surface area contributed by atoms with Crippen LogP contribution < -0.4 is 0 Å². The topological polar surface area (TPSA) is 46.5 Å². The van der Waals surface area contributed by atoms with E-state index in [0.29, 0.717) is 6.42 Å². The molecule has 3 nitrogen and oxygen atoms in total. The van der Waals surface area contributed by atoms with Gasteiger partial charge in [-0.25, -0.2) is 0 Å². The average molecular weight is 186 g/mol. The monoisotopic (exact) mass is 186 g/mol. The Morgan fingerprint density at radius 3 is 2.23 bits per heavy atom. The van der Waals surface area contributed by atoms with E-state index in [4.69, 9.17) is 9.84 Å². The first-order valence-electron chi connectivity index (χ1n) is 4.70. The Hall–Kier alpha value is -0.570. The van der Waals surface area contributed by atoms with Crippen LogP contribution in [-0.2, 0) is 9.53 Å². The van der Waals surface area contributed by atoms with E-state index >= 15 is 0 Å². The molecule has 0 aromatic rings. The van der Waals surface area contributed by atoms with Crippen molar-refractivity contribution in [2.45, 2.75) is 46.3 Å².